The van der Waals surface area contributed by atoms with Crippen LogP contribution < -0.4 is 4.90 Å². The molecule has 0 saturated carbocycles. The molecular weight excluding hydrogens is 260 g/mol. The van der Waals surface area contributed by atoms with Crippen LogP contribution in [-0.2, 0) is 4.79 Å². The van der Waals surface area contributed by atoms with Crippen LogP contribution in [-0.4, -0.2) is 35.8 Å². The summed E-state index contributed by atoms with van der Waals surface area (Å²) < 4.78 is 0.940. The highest BCUT2D eigenvalue weighted by atomic mass is 79.9. The van der Waals surface area contributed by atoms with Gasteiger partial charge in [0.15, 0.2) is 0 Å². The normalized spacial score (nSPS) is 15.5. The first-order valence-corrected chi connectivity index (χ1v) is 5.23. The van der Waals surface area contributed by atoms with Crippen molar-refractivity contribution in [2.75, 3.05) is 18.0 Å². The molecular formula is C9H9BrN4O. The van der Waals surface area contributed by atoms with E-state index in [-0.39, 0.29) is 0 Å². The monoisotopic (exact) mass is 268 g/mol. The lowest BCUT2D eigenvalue weighted by atomic mass is 10.4. The van der Waals surface area contributed by atoms with Crippen LogP contribution in [0.4, 0.5) is 5.82 Å². The van der Waals surface area contributed by atoms with E-state index in [9.17, 15) is 4.79 Å². The average molecular weight is 269 g/mol. The zero-order chi connectivity index (χ0) is 10.7. The number of carbonyl (C=O) groups is 1. The SMILES string of the molecule is O=CN1CCN(c2ccc(Br)cn2)C=N1. The van der Waals surface area contributed by atoms with E-state index in [0.29, 0.717) is 19.5 Å². The van der Waals surface area contributed by atoms with E-state index < -0.39 is 0 Å². The van der Waals surface area contributed by atoms with Crippen LogP contribution in [0.1, 0.15) is 0 Å². The van der Waals surface area contributed by atoms with Gasteiger partial charge in [-0.25, -0.2) is 9.99 Å². The number of aromatic nitrogens is 1. The van der Waals surface area contributed by atoms with Gasteiger partial charge in [0, 0.05) is 17.2 Å². The Hall–Kier alpha value is -1.43. The van der Waals surface area contributed by atoms with E-state index in [1.165, 1.54) is 5.01 Å². The molecule has 0 fully saturated rings. The maximum Gasteiger partial charge on any atom is 0.229 e. The largest absolute Gasteiger partial charge is 0.314 e. The molecule has 0 unspecified atom stereocenters. The van der Waals surface area contributed by atoms with E-state index in [4.69, 9.17) is 0 Å². The zero-order valence-electron chi connectivity index (χ0n) is 7.88. The first kappa shape index (κ1) is 10.1. The maximum atomic E-state index is 10.4. The number of carbonyl (C=O) groups excluding carboxylic acids is 1. The summed E-state index contributed by atoms with van der Waals surface area (Å²) in [6.45, 7) is 1.29. The number of hydrogen-bond donors (Lipinski definition) is 0. The summed E-state index contributed by atoms with van der Waals surface area (Å²) in [7, 11) is 0. The molecule has 1 amide bonds. The van der Waals surface area contributed by atoms with Crippen LogP contribution in [0, 0.1) is 0 Å². The Labute approximate surface area is 95.5 Å². The van der Waals surface area contributed by atoms with Crippen molar-refractivity contribution in [2.24, 2.45) is 5.10 Å². The predicted octanol–water partition coefficient (Wildman–Crippen LogP) is 1.07. The van der Waals surface area contributed by atoms with E-state index in [1.807, 2.05) is 17.0 Å². The lowest BCUT2D eigenvalue weighted by Crippen LogP contribution is -2.37. The third-order valence-electron chi connectivity index (χ3n) is 2.04. The fourth-order valence-corrected chi connectivity index (χ4v) is 1.48. The minimum absolute atomic E-state index is 0.581. The van der Waals surface area contributed by atoms with E-state index in [2.05, 4.69) is 26.0 Å². The molecule has 1 aromatic heterocycles. The molecule has 0 radical (unpaired) electrons. The second kappa shape index (κ2) is 4.39. The fraction of sp³-hybridized carbons (Fsp3) is 0.222. The van der Waals surface area contributed by atoms with Gasteiger partial charge in [-0.1, -0.05) is 0 Å². The van der Waals surface area contributed by atoms with Gasteiger partial charge in [-0.15, -0.1) is 0 Å². The number of rotatable bonds is 2. The van der Waals surface area contributed by atoms with Crippen molar-refractivity contribution >= 4 is 34.5 Å². The Morgan fingerprint density at radius 2 is 2.27 bits per heavy atom. The first-order valence-electron chi connectivity index (χ1n) is 4.44. The molecule has 15 heavy (non-hydrogen) atoms. The van der Waals surface area contributed by atoms with Crippen molar-refractivity contribution in [3.05, 3.63) is 22.8 Å². The second-order valence-electron chi connectivity index (χ2n) is 3.03. The minimum Gasteiger partial charge on any atom is -0.314 e. The molecule has 0 saturated heterocycles. The zero-order valence-corrected chi connectivity index (χ0v) is 9.46. The minimum atomic E-state index is 0.581. The van der Waals surface area contributed by atoms with Gasteiger partial charge in [0.1, 0.15) is 12.2 Å². The van der Waals surface area contributed by atoms with Gasteiger partial charge in [0.25, 0.3) is 0 Å². The molecule has 2 heterocycles. The van der Waals surface area contributed by atoms with Gasteiger partial charge in [-0.2, -0.15) is 5.10 Å². The lowest BCUT2D eigenvalue weighted by molar-refractivity contribution is -0.118. The maximum absolute atomic E-state index is 10.4. The van der Waals surface area contributed by atoms with E-state index >= 15 is 0 Å². The van der Waals surface area contributed by atoms with Crippen LogP contribution in [0.3, 0.4) is 0 Å². The Morgan fingerprint density at radius 3 is 2.80 bits per heavy atom. The fourth-order valence-electron chi connectivity index (χ4n) is 1.25. The Morgan fingerprint density at radius 1 is 1.40 bits per heavy atom. The number of hydrazone groups is 1. The molecule has 0 bridgehead atoms. The van der Waals surface area contributed by atoms with Gasteiger partial charge in [0.2, 0.25) is 6.41 Å². The standard InChI is InChI=1S/C9H9BrN4O/c10-8-1-2-9(11-5-8)13-3-4-14(7-15)12-6-13/h1-2,5-7H,3-4H2. The van der Waals surface area contributed by atoms with Crippen molar-refractivity contribution < 1.29 is 4.79 Å². The van der Waals surface area contributed by atoms with Gasteiger partial charge in [0.05, 0.1) is 6.54 Å². The molecule has 0 atom stereocenters. The molecule has 6 heteroatoms. The van der Waals surface area contributed by atoms with Crippen LogP contribution in [0.25, 0.3) is 0 Å². The van der Waals surface area contributed by atoms with Crippen LogP contribution in [0.5, 0.6) is 0 Å². The molecule has 0 aliphatic carbocycles. The van der Waals surface area contributed by atoms with Crippen LogP contribution in [0.15, 0.2) is 27.9 Å². The Kier molecular flexibility index (Phi) is 2.96. The second-order valence-corrected chi connectivity index (χ2v) is 3.94. The summed E-state index contributed by atoms with van der Waals surface area (Å²) in [5, 5.41) is 5.30. The molecule has 0 spiro atoms. The highest BCUT2D eigenvalue weighted by molar-refractivity contribution is 9.10. The van der Waals surface area contributed by atoms with Crippen molar-refractivity contribution in [3.63, 3.8) is 0 Å². The number of amides is 1. The number of pyridine rings is 1. The Bertz CT molecular complexity index is 378. The molecule has 1 aliphatic rings. The molecule has 1 aromatic rings. The predicted molar refractivity (Wildman–Crippen MR) is 60.5 cm³/mol. The topological polar surface area (TPSA) is 48.8 Å². The van der Waals surface area contributed by atoms with Crippen molar-refractivity contribution in [1.82, 2.24) is 9.99 Å². The van der Waals surface area contributed by atoms with Gasteiger partial charge in [-0.05, 0) is 28.1 Å². The highest BCUT2D eigenvalue weighted by Gasteiger charge is 2.12. The van der Waals surface area contributed by atoms with Crippen LogP contribution in [0.2, 0.25) is 0 Å². The smallest absolute Gasteiger partial charge is 0.229 e. The number of anilines is 1. The summed E-state index contributed by atoms with van der Waals surface area (Å²) in [6.07, 6.45) is 4.05. The van der Waals surface area contributed by atoms with Gasteiger partial charge >= 0.3 is 0 Å². The van der Waals surface area contributed by atoms with E-state index in [1.54, 1.807) is 12.5 Å². The molecule has 1 aliphatic heterocycles. The Balaban J connectivity index is 2.13. The molecule has 5 nitrogen and oxygen atoms in total. The van der Waals surface area contributed by atoms with Crippen molar-refractivity contribution in [1.29, 1.82) is 0 Å². The molecule has 0 N–H and O–H groups in total. The summed E-state index contributed by atoms with van der Waals surface area (Å²) in [5.41, 5.74) is 0. The van der Waals surface area contributed by atoms with Crippen molar-refractivity contribution in [2.45, 2.75) is 0 Å². The summed E-state index contributed by atoms with van der Waals surface area (Å²) in [5.74, 6) is 0.826. The number of halogens is 1. The quantitative estimate of drug-likeness (QED) is 0.754. The molecule has 0 aromatic carbocycles. The third-order valence-corrected chi connectivity index (χ3v) is 2.51. The molecule has 78 valence electrons. The first-order chi connectivity index (χ1) is 7.29. The van der Waals surface area contributed by atoms with Crippen LogP contribution >= 0.6 is 15.9 Å². The summed E-state index contributed by atoms with van der Waals surface area (Å²) in [6, 6.07) is 3.81. The molecule has 2 rings (SSSR count). The van der Waals surface area contributed by atoms with Gasteiger partial charge in [-0.3, -0.25) is 4.79 Å². The lowest BCUT2D eigenvalue weighted by Gasteiger charge is -2.25. The number of nitrogens with zero attached hydrogens (tertiary/aromatic N) is 4. The van der Waals surface area contributed by atoms with Crippen molar-refractivity contribution in [3.8, 4) is 0 Å². The van der Waals surface area contributed by atoms with Gasteiger partial charge < -0.3 is 4.90 Å². The highest BCUT2D eigenvalue weighted by Crippen LogP contribution is 2.14. The average Bonchev–Trinajstić information content (AvgIpc) is 2.30. The third kappa shape index (κ3) is 2.33. The summed E-state index contributed by atoms with van der Waals surface area (Å²) >= 11 is 3.32. The summed E-state index contributed by atoms with van der Waals surface area (Å²) in [4.78, 5) is 16.5. The van der Waals surface area contributed by atoms with E-state index in [0.717, 1.165) is 10.3 Å². The number of hydrogen-bond acceptors (Lipinski definition) is 4.